The van der Waals surface area contributed by atoms with Crippen LogP contribution >= 0.6 is 11.3 Å². The minimum absolute atomic E-state index is 0.0235. The molecule has 3 rings (SSSR count). The van der Waals surface area contributed by atoms with E-state index in [1.165, 1.54) is 0 Å². The molecule has 1 aliphatic rings. The van der Waals surface area contributed by atoms with Gasteiger partial charge in [-0.25, -0.2) is 9.78 Å². The lowest BCUT2D eigenvalue weighted by molar-refractivity contribution is 0.112. The number of carbonyl (C=O) groups is 1. The Labute approximate surface area is 146 Å². The first-order chi connectivity index (χ1) is 11.7. The number of nitrogens with one attached hydrogen (secondary N) is 1. The molecule has 128 valence electrons. The maximum Gasteiger partial charge on any atom is 0.317 e. The van der Waals surface area contributed by atoms with E-state index in [9.17, 15) is 4.79 Å². The average molecular weight is 345 g/mol. The van der Waals surface area contributed by atoms with Gasteiger partial charge in [-0.2, -0.15) is 0 Å². The van der Waals surface area contributed by atoms with E-state index in [2.05, 4.69) is 33.2 Å². The number of rotatable bonds is 5. The highest BCUT2D eigenvalue weighted by molar-refractivity contribution is 7.07. The number of carbonyl (C=O) groups excluding carboxylic acids is 1. The van der Waals surface area contributed by atoms with Gasteiger partial charge in [0.1, 0.15) is 0 Å². The van der Waals surface area contributed by atoms with Crippen LogP contribution in [0.4, 0.5) is 4.79 Å². The third-order valence-corrected chi connectivity index (χ3v) is 5.04. The molecule has 1 N–H and O–H groups in total. The zero-order valence-electron chi connectivity index (χ0n) is 13.9. The summed E-state index contributed by atoms with van der Waals surface area (Å²) in [5.41, 5.74) is 3.94. The van der Waals surface area contributed by atoms with Crippen LogP contribution in [0.25, 0.3) is 0 Å². The maximum atomic E-state index is 12.2. The number of aromatic nitrogens is 2. The van der Waals surface area contributed by atoms with Crippen molar-refractivity contribution in [1.29, 1.82) is 0 Å². The molecule has 2 aromatic heterocycles. The van der Waals surface area contributed by atoms with Gasteiger partial charge in [0.2, 0.25) is 0 Å². The van der Waals surface area contributed by atoms with Gasteiger partial charge >= 0.3 is 6.03 Å². The second-order valence-corrected chi connectivity index (χ2v) is 6.63. The van der Waals surface area contributed by atoms with Crippen LogP contribution in [0.5, 0.6) is 0 Å². The minimum Gasteiger partial charge on any atom is -0.338 e. The van der Waals surface area contributed by atoms with Gasteiger partial charge in [0, 0.05) is 56.8 Å². The molecule has 6 nitrogen and oxygen atoms in total. The molecule has 1 atom stereocenters. The summed E-state index contributed by atoms with van der Waals surface area (Å²) >= 11 is 1.58. The van der Waals surface area contributed by atoms with E-state index in [0.29, 0.717) is 6.54 Å². The topological polar surface area (TPSA) is 61.4 Å². The molecule has 0 radical (unpaired) electrons. The molecule has 7 heteroatoms. The fourth-order valence-corrected chi connectivity index (χ4v) is 3.49. The highest BCUT2D eigenvalue weighted by Crippen LogP contribution is 2.19. The van der Waals surface area contributed by atoms with E-state index in [-0.39, 0.29) is 12.1 Å². The van der Waals surface area contributed by atoms with Gasteiger partial charge in [0.05, 0.1) is 16.9 Å². The first-order valence-corrected chi connectivity index (χ1v) is 9.23. The minimum atomic E-state index is 0.0235. The third-order valence-electron chi connectivity index (χ3n) is 4.41. The molecule has 2 amide bonds. The van der Waals surface area contributed by atoms with E-state index in [0.717, 1.165) is 44.0 Å². The summed E-state index contributed by atoms with van der Waals surface area (Å²) in [6.45, 7) is 6.05. The molecule has 1 unspecified atom stereocenters. The number of hydrogen-bond donors (Lipinski definition) is 1. The fraction of sp³-hybridized carbons (Fsp3) is 0.471. The molecule has 0 saturated carbocycles. The Hall–Kier alpha value is -1.99. The number of pyridine rings is 1. The van der Waals surface area contributed by atoms with Gasteiger partial charge in [-0.05, 0) is 19.1 Å². The average Bonchev–Trinajstić information content (AvgIpc) is 3.15. The van der Waals surface area contributed by atoms with Crippen molar-refractivity contribution in [3.8, 4) is 0 Å². The monoisotopic (exact) mass is 345 g/mol. The van der Waals surface area contributed by atoms with Crippen molar-refractivity contribution in [2.75, 3.05) is 32.7 Å². The van der Waals surface area contributed by atoms with Gasteiger partial charge in [-0.1, -0.05) is 6.07 Å². The normalized spacial score (nSPS) is 16.8. The first kappa shape index (κ1) is 16.9. The van der Waals surface area contributed by atoms with Crippen molar-refractivity contribution in [3.63, 3.8) is 0 Å². The van der Waals surface area contributed by atoms with Crippen molar-refractivity contribution in [2.45, 2.75) is 19.4 Å². The molecule has 1 aliphatic heterocycles. The molecule has 0 spiro atoms. The smallest absolute Gasteiger partial charge is 0.317 e. The molecule has 3 heterocycles. The van der Waals surface area contributed by atoms with E-state index >= 15 is 0 Å². The number of thiazole rings is 1. The molecule has 2 aromatic rings. The van der Waals surface area contributed by atoms with Crippen molar-refractivity contribution < 1.29 is 4.79 Å². The molecule has 0 aromatic carbocycles. The zero-order chi connectivity index (χ0) is 16.8. The van der Waals surface area contributed by atoms with Crippen LogP contribution in [0.15, 0.2) is 35.3 Å². The molecular formula is C17H23N5OS. The number of piperazine rings is 1. The van der Waals surface area contributed by atoms with Crippen LogP contribution in [-0.2, 0) is 6.42 Å². The lowest BCUT2D eigenvalue weighted by Crippen LogP contribution is -2.52. The number of hydrogen-bond acceptors (Lipinski definition) is 5. The Balaban J connectivity index is 1.42. The van der Waals surface area contributed by atoms with Crippen molar-refractivity contribution in [1.82, 2.24) is 25.1 Å². The number of amides is 2. The Morgan fingerprint density at radius 1 is 1.29 bits per heavy atom. The second-order valence-electron chi connectivity index (χ2n) is 5.92. The number of nitrogens with zero attached hydrogens (tertiary/aromatic N) is 4. The summed E-state index contributed by atoms with van der Waals surface area (Å²) in [6, 6.07) is 6.31. The van der Waals surface area contributed by atoms with E-state index < -0.39 is 0 Å². The number of urea groups is 1. The highest BCUT2D eigenvalue weighted by atomic mass is 32.1. The van der Waals surface area contributed by atoms with Gasteiger partial charge in [0.25, 0.3) is 0 Å². The Kier molecular flexibility index (Phi) is 5.77. The van der Waals surface area contributed by atoms with Gasteiger partial charge in [-0.15, -0.1) is 11.3 Å². The van der Waals surface area contributed by atoms with Crippen LogP contribution in [0, 0.1) is 0 Å². The fourth-order valence-electron chi connectivity index (χ4n) is 2.89. The van der Waals surface area contributed by atoms with Crippen molar-refractivity contribution in [3.05, 3.63) is 46.7 Å². The lowest BCUT2D eigenvalue weighted by atomic mass is 10.1. The second kappa shape index (κ2) is 8.21. The molecule has 1 saturated heterocycles. The summed E-state index contributed by atoms with van der Waals surface area (Å²) in [6.07, 6.45) is 2.61. The van der Waals surface area contributed by atoms with E-state index in [4.69, 9.17) is 0 Å². The van der Waals surface area contributed by atoms with Crippen LogP contribution in [-0.4, -0.2) is 58.5 Å². The Bertz CT molecular complexity index is 626. The first-order valence-electron chi connectivity index (χ1n) is 8.29. The van der Waals surface area contributed by atoms with Crippen molar-refractivity contribution >= 4 is 17.4 Å². The summed E-state index contributed by atoms with van der Waals surface area (Å²) in [7, 11) is 0. The van der Waals surface area contributed by atoms with Crippen LogP contribution in [0.3, 0.4) is 0 Å². The largest absolute Gasteiger partial charge is 0.338 e. The van der Waals surface area contributed by atoms with Crippen LogP contribution in [0.2, 0.25) is 0 Å². The Morgan fingerprint density at radius 2 is 2.12 bits per heavy atom. The van der Waals surface area contributed by atoms with Gasteiger partial charge in [-0.3, -0.25) is 9.88 Å². The molecule has 1 fully saturated rings. The molecular weight excluding hydrogens is 322 g/mol. The molecule has 0 aliphatic carbocycles. The summed E-state index contributed by atoms with van der Waals surface area (Å²) in [5, 5.41) is 5.00. The predicted octanol–water partition coefficient (Wildman–Crippen LogP) is 2.17. The lowest BCUT2D eigenvalue weighted by Gasteiger charge is -2.37. The summed E-state index contributed by atoms with van der Waals surface area (Å²) in [4.78, 5) is 25.2. The SMILES string of the molecule is CC(c1ccccn1)N1CCN(C(=O)NCCc2cscn2)CC1. The maximum absolute atomic E-state index is 12.2. The third kappa shape index (κ3) is 4.30. The van der Waals surface area contributed by atoms with Crippen LogP contribution in [0.1, 0.15) is 24.4 Å². The zero-order valence-corrected chi connectivity index (χ0v) is 14.7. The Morgan fingerprint density at radius 3 is 2.79 bits per heavy atom. The highest BCUT2D eigenvalue weighted by Gasteiger charge is 2.24. The van der Waals surface area contributed by atoms with Crippen molar-refractivity contribution in [2.24, 2.45) is 0 Å². The molecule has 0 bridgehead atoms. The molecule has 24 heavy (non-hydrogen) atoms. The summed E-state index contributed by atoms with van der Waals surface area (Å²) in [5.74, 6) is 0. The summed E-state index contributed by atoms with van der Waals surface area (Å²) < 4.78 is 0. The van der Waals surface area contributed by atoms with E-state index in [1.807, 2.05) is 34.1 Å². The predicted molar refractivity (Wildman–Crippen MR) is 95.0 cm³/mol. The standard InChI is InChI=1S/C17H23N5OS/c1-14(16-4-2-3-6-18-16)21-8-10-22(11-9-21)17(23)19-7-5-15-12-24-13-20-15/h2-4,6,12-14H,5,7-11H2,1H3,(H,19,23). The quantitative estimate of drug-likeness (QED) is 0.902. The van der Waals surface area contributed by atoms with Gasteiger partial charge in [0.15, 0.2) is 0 Å². The van der Waals surface area contributed by atoms with E-state index in [1.54, 1.807) is 11.3 Å². The van der Waals surface area contributed by atoms with Crippen LogP contribution < -0.4 is 5.32 Å². The van der Waals surface area contributed by atoms with Gasteiger partial charge < -0.3 is 10.2 Å².